The van der Waals surface area contributed by atoms with Gasteiger partial charge in [-0.25, -0.2) is 0 Å². The highest BCUT2D eigenvalue weighted by Gasteiger charge is 2.18. The Morgan fingerprint density at radius 2 is 1.73 bits per heavy atom. The molecular weight excluding hydrogens is 204 g/mol. The van der Waals surface area contributed by atoms with Crippen LogP contribution in [0.25, 0.3) is 0 Å². The molecule has 1 aliphatic carbocycles. The number of amidine groups is 1. The summed E-state index contributed by atoms with van der Waals surface area (Å²) in [6.07, 6.45) is 9.53. The van der Waals surface area contributed by atoms with Crippen molar-refractivity contribution in [3.8, 4) is 0 Å². The maximum absolute atomic E-state index is 8.05. The van der Waals surface area contributed by atoms with E-state index in [0.717, 1.165) is 29.9 Å². The lowest BCUT2D eigenvalue weighted by Gasteiger charge is -2.29. The lowest BCUT2D eigenvalue weighted by Crippen LogP contribution is -2.36. The lowest BCUT2D eigenvalue weighted by atomic mass is 10.1. The Balaban J connectivity index is 1.66. The minimum absolute atomic E-state index is 0.857. The van der Waals surface area contributed by atoms with E-state index in [0.29, 0.717) is 0 Å². The van der Waals surface area contributed by atoms with Gasteiger partial charge in [-0.05, 0) is 32.1 Å². The van der Waals surface area contributed by atoms with Gasteiger partial charge in [-0.1, -0.05) is 12.8 Å². The predicted octanol–water partition coefficient (Wildman–Crippen LogP) is 3.13. The smallest absolute Gasteiger partial charge is 0.106 e. The highest BCUT2D eigenvalue weighted by molar-refractivity contribution is 8.00. The molecule has 3 heteroatoms. The van der Waals surface area contributed by atoms with Crippen molar-refractivity contribution >= 4 is 17.6 Å². The number of rotatable bonds is 3. The maximum Gasteiger partial charge on any atom is 0.106 e. The fourth-order valence-electron chi connectivity index (χ4n) is 2.51. The van der Waals surface area contributed by atoms with Crippen molar-refractivity contribution in [3.05, 3.63) is 0 Å². The Bertz CT molecular complexity index is 206. The van der Waals surface area contributed by atoms with Crippen LogP contribution in [0.1, 0.15) is 44.9 Å². The van der Waals surface area contributed by atoms with E-state index < -0.39 is 0 Å². The van der Waals surface area contributed by atoms with E-state index in [1.807, 2.05) is 11.8 Å². The molecular formula is C12H22N2S. The minimum Gasteiger partial charge on any atom is -0.360 e. The SMILES string of the molecule is N=C(CSC1CCCC1)N1CCCCC1. The van der Waals surface area contributed by atoms with E-state index in [1.165, 1.54) is 44.9 Å². The molecule has 0 aromatic carbocycles. The summed E-state index contributed by atoms with van der Waals surface area (Å²) in [5, 5.41) is 8.91. The van der Waals surface area contributed by atoms with Crippen LogP contribution in [0.15, 0.2) is 0 Å². The highest BCUT2D eigenvalue weighted by atomic mass is 32.2. The number of hydrogen-bond acceptors (Lipinski definition) is 2. The van der Waals surface area contributed by atoms with Gasteiger partial charge in [0.15, 0.2) is 0 Å². The van der Waals surface area contributed by atoms with Gasteiger partial charge in [0, 0.05) is 18.3 Å². The largest absolute Gasteiger partial charge is 0.360 e. The molecule has 1 N–H and O–H groups in total. The molecule has 0 aromatic rings. The van der Waals surface area contributed by atoms with Crippen molar-refractivity contribution in [1.29, 1.82) is 5.41 Å². The quantitative estimate of drug-likeness (QED) is 0.591. The maximum atomic E-state index is 8.05. The van der Waals surface area contributed by atoms with Crippen LogP contribution in [0.4, 0.5) is 0 Å². The van der Waals surface area contributed by atoms with Crippen molar-refractivity contribution in [2.45, 2.75) is 50.2 Å². The van der Waals surface area contributed by atoms with Crippen LogP contribution in [-0.4, -0.2) is 34.8 Å². The van der Waals surface area contributed by atoms with Gasteiger partial charge >= 0.3 is 0 Å². The van der Waals surface area contributed by atoms with Gasteiger partial charge in [0.05, 0.1) is 5.75 Å². The molecule has 0 amide bonds. The summed E-state index contributed by atoms with van der Waals surface area (Å²) >= 11 is 2.02. The number of thioether (sulfide) groups is 1. The third kappa shape index (κ3) is 3.40. The van der Waals surface area contributed by atoms with E-state index in [9.17, 15) is 0 Å². The third-order valence-corrected chi connectivity index (χ3v) is 4.88. The molecule has 0 atom stereocenters. The summed E-state index contributed by atoms with van der Waals surface area (Å²) in [4.78, 5) is 2.28. The van der Waals surface area contributed by atoms with E-state index in [1.54, 1.807) is 0 Å². The molecule has 1 saturated heterocycles. The molecule has 15 heavy (non-hydrogen) atoms. The number of likely N-dealkylation sites (tertiary alicyclic amines) is 1. The molecule has 1 saturated carbocycles. The normalized spacial score (nSPS) is 23.3. The zero-order valence-electron chi connectivity index (χ0n) is 9.50. The van der Waals surface area contributed by atoms with Gasteiger partial charge in [0.2, 0.25) is 0 Å². The average Bonchev–Trinajstić information content (AvgIpc) is 2.80. The van der Waals surface area contributed by atoms with Crippen LogP contribution in [0, 0.1) is 5.41 Å². The fraction of sp³-hybridized carbons (Fsp3) is 0.917. The average molecular weight is 226 g/mol. The van der Waals surface area contributed by atoms with E-state index >= 15 is 0 Å². The summed E-state index contributed by atoms with van der Waals surface area (Å²) in [7, 11) is 0. The number of nitrogens with one attached hydrogen (secondary N) is 1. The summed E-state index contributed by atoms with van der Waals surface area (Å²) in [6.45, 7) is 2.26. The first kappa shape index (κ1) is 11.3. The van der Waals surface area contributed by atoms with E-state index in [2.05, 4.69) is 4.90 Å². The van der Waals surface area contributed by atoms with Crippen molar-refractivity contribution < 1.29 is 0 Å². The molecule has 1 aliphatic heterocycles. The zero-order chi connectivity index (χ0) is 10.5. The van der Waals surface area contributed by atoms with Gasteiger partial charge in [0.25, 0.3) is 0 Å². The van der Waals surface area contributed by atoms with Crippen molar-refractivity contribution in [2.75, 3.05) is 18.8 Å². The Hall–Kier alpha value is -0.180. The second kappa shape index (κ2) is 5.78. The van der Waals surface area contributed by atoms with Crippen molar-refractivity contribution in [2.24, 2.45) is 0 Å². The number of piperidine rings is 1. The second-order valence-electron chi connectivity index (χ2n) is 4.71. The molecule has 2 aliphatic rings. The molecule has 0 radical (unpaired) electrons. The summed E-state index contributed by atoms with van der Waals surface area (Å²) < 4.78 is 0. The first-order valence-electron chi connectivity index (χ1n) is 6.30. The van der Waals surface area contributed by atoms with Crippen LogP contribution >= 0.6 is 11.8 Å². The van der Waals surface area contributed by atoms with Crippen LogP contribution in [0.2, 0.25) is 0 Å². The molecule has 2 nitrogen and oxygen atoms in total. The first-order valence-corrected chi connectivity index (χ1v) is 7.35. The second-order valence-corrected chi connectivity index (χ2v) is 6.00. The fourth-order valence-corrected chi connectivity index (χ4v) is 3.75. The van der Waals surface area contributed by atoms with Crippen molar-refractivity contribution in [1.82, 2.24) is 4.90 Å². The predicted molar refractivity (Wildman–Crippen MR) is 67.9 cm³/mol. The highest BCUT2D eigenvalue weighted by Crippen LogP contribution is 2.29. The molecule has 0 spiro atoms. The van der Waals surface area contributed by atoms with Gasteiger partial charge in [-0.15, -0.1) is 0 Å². The Morgan fingerprint density at radius 1 is 1.07 bits per heavy atom. The van der Waals surface area contributed by atoms with Gasteiger partial charge < -0.3 is 4.90 Å². The Kier molecular flexibility index (Phi) is 4.36. The molecule has 0 unspecified atom stereocenters. The molecule has 86 valence electrons. The van der Waals surface area contributed by atoms with Crippen LogP contribution in [0.3, 0.4) is 0 Å². The van der Waals surface area contributed by atoms with Gasteiger partial charge in [0.1, 0.15) is 5.84 Å². The minimum atomic E-state index is 0.857. The molecule has 2 rings (SSSR count). The van der Waals surface area contributed by atoms with Crippen LogP contribution in [0.5, 0.6) is 0 Å². The number of hydrogen-bond donors (Lipinski definition) is 1. The molecule has 2 fully saturated rings. The molecule has 0 aromatic heterocycles. The van der Waals surface area contributed by atoms with Gasteiger partial charge in [-0.3, -0.25) is 5.41 Å². The zero-order valence-corrected chi connectivity index (χ0v) is 10.3. The summed E-state index contributed by atoms with van der Waals surface area (Å²) in [5.41, 5.74) is 0. The number of nitrogens with zero attached hydrogens (tertiary/aromatic N) is 1. The van der Waals surface area contributed by atoms with E-state index in [-0.39, 0.29) is 0 Å². The first-order chi connectivity index (χ1) is 7.36. The third-order valence-electron chi connectivity index (χ3n) is 3.50. The lowest BCUT2D eigenvalue weighted by molar-refractivity contribution is 0.339. The monoisotopic (exact) mass is 226 g/mol. The topological polar surface area (TPSA) is 27.1 Å². The standard InChI is InChI=1S/C12H22N2S/c13-12(14-8-4-1-5-9-14)10-15-11-6-2-3-7-11/h11,13H,1-10H2. The van der Waals surface area contributed by atoms with E-state index in [4.69, 9.17) is 5.41 Å². The van der Waals surface area contributed by atoms with Crippen LogP contribution in [-0.2, 0) is 0 Å². The van der Waals surface area contributed by atoms with Crippen molar-refractivity contribution in [3.63, 3.8) is 0 Å². The Morgan fingerprint density at radius 3 is 2.40 bits per heavy atom. The summed E-state index contributed by atoms with van der Waals surface area (Å²) in [5.74, 6) is 1.83. The van der Waals surface area contributed by atoms with Gasteiger partial charge in [-0.2, -0.15) is 11.8 Å². The Labute approximate surface area is 97.3 Å². The molecule has 0 bridgehead atoms. The van der Waals surface area contributed by atoms with Crippen LogP contribution < -0.4 is 0 Å². The summed E-state index contributed by atoms with van der Waals surface area (Å²) in [6, 6.07) is 0. The molecule has 1 heterocycles.